The van der Waals surface area contributed by atoms with Crippen LogP contribution in [0.3, 0.4) is 0 Å². The number of Topliss-reactive ketones (excluding diaryl/α,β-unsaturated/α-hetero) is 1. The first-order valence-corrected chi connectivity index (χ1v) is 7.57. The highest BCUT2D eigenvalue weighted by atomic mass is 35.5. The Balaban J connectivity index is 1.85. The normalized spacial score (nSPS) is 12.0. The van der Waals surface area contributed by atoms with Crippen molar-refractivity contribution in [2.45, 2.75) is 25.9 Å². The van der Waals surface area contributed by atoms with Crippen molar-refractivity contribution in [3.8, 4) is 5.75 Å². The maximum absolute atomic E-state index is 11.0. The van der Waals surface area contributed by atoms with Gasteiger partial charge in [-0.3, -0.25) is 0 Å². The standard InChI is InChI=1S/C18H19ClO3/c1-13(20)2-3-14-4-10-17(11-5-14)22-12-18(21)15-6-8-16(19)9-7-15/h4-11,18,21H,2-3,12H2,1H3. The van der Waals surface area contributed by atoms with Gasteiger partial charge < -0.3 is 14.6 Å². The van der Waals surface area contributed by atoms with Gasteiger partial charge in [0.25, 0.3) is 0 Å². The fraction of sp³-hybridized carbons (Fsp3) is 0.278. The van der Waals surface area contributed by atoms with Crippen molar-refractivity contribution in [2.24, 2.45) is 0 Å². The van der Waals surface area contributed by atoms with Crippen LogP contribution in [0.25, 0.3) is 0 Å². The van der Waals surface area contributed by atoms with E-state index in [1.54, 1.807) is 31.2 Å². The van der Waals surface area contributed by atoms with Crippen LogP contribution in [0.4, 0.5) is 0 Å². The molecule has 0 saturated carbocycles. The van der Waals surface area contributed by atoms with Crippen LogP contribution in [0.15, 0.2) is 48.5 Å². The molecule has 0 amide bonds. The Kier molecular flexibility index (Phi) is 5.99. The molecule has 116 valence electrons. The minimum Gasteiger partial charge on any atom is -0.491 e. The zero-order valence-electron chi connectivity index (χ0n) is 12.5. The molecule has 22 heavy (non-hydrogen) atoms. The molecule has 0 aliphatic carbocycles. The number of aliphatic hydroxyl groups is 1. The van der Waals surface area contributed by atoms with E-state index in [4.69, 9.17) is 16.3 Å². The van der Waals surface area contributed by atoms with Crippen LogP contribution in [0.1, 0.15) is 30.6 Å². The van der Waals surface area contributed by atoms with Crippen LogP contribution in [0, 0.1) is 0 Å². The highest BCUT2D eigenvalue weighted by Gasteiger charge is 2.08. The number of aryl methyl sites for hydroxylation is 1. The number of benzene rings is 2. The predicted octanol–water partition coefficient (Wildman–Crippen LogP) is 3.97. The third-order valence-electron chi connectivity index (χ3n) is 3.35. The molecule has 0 aliphatic heterocycles. The van der Waals surface area contributed by atoms with Crippen molar-refractivity contribution in [2.75, 3.05) is 6.61 Å². The summed E-state index contributed by atoms with van der Waals surface area (Å²) in [6.45, 7) is 1.77. The molecule has 0 fully saturated rings. The molecule has 2 aromatic rings. The second-order valence-electron chi connectivity index (χ2n) is 5.22. The van der Waals surface area contributed by atoms with Gasteiger partial charge in [0.15, 0.2) is 0 Å². The Hall–Kier alpha value is -1.84. The number of ketones is 1. The largest absolute Gasteiger partial charge is 0.491 e. The van der Waals surface area contributed by atoms with Gasteiger partial charge in [-0.25, -0.2) is 0 Å². The smallest absolute Gasteiger partial charge is 0.130 e. The van der Waals surface area contributed by atoms with Gasteiger partial charge in [0.05, 0.1) is 0 Å². The molecule has 0 spiro atoms. The Morgan fingerprint density at radius 3 is 2.36 bits per heavy atom. The number of ether oxygens (including phenoxy) is 1. The third-order valence-corrected chi connectivity index (χ3v) is 3.60. The number of hydrogen-bond donors (Lipinski definition) is 1. The molecule has 2 rings (SSSR count). The quantitative estimate of drug-likeness (QED) is 0.840. The lowest BCUT2D eigenvalue weighted by Crippen LogP contribution is -2.09. The molecule has 0 aliphatic rings. The summed E-state index contributed by atoms with van der Waals surface area (Å²) in [6.07, 6.45) is 0.591. The van der Waals surface area contributed by atoms with E-state index < -0.39 is 6.10 Å². The molecule has 1 unspecified atom stereocenters. The summed E-state index contributed by atoms with van der Waals surface area (Å²) in [5.41, 5.74) is 1.86. The van der Waals surface area contributed by atoms with Crippen molar-refractivity contribution < 1.29 is 14.6 Å². The van der Waals surface area contributed by atoms with Crippen LogP contribution in [-0.4, -0.2) is 17.5 Å². The van der Waals surface area contributed by atoms with Crippen molar-refractivity contribution >= 4 is 17.4 Å². The Bertz CT molecular complexity index is 605. The minimum absolute atomic E-state index is 0.175. The number of rotatable bonds is 7. The molecule has 0 heterocycles. The second kappa shape index (κ2) is 7.97. The lowest BCUT2D eigenvalue weighted by atomic mass is 10.1. The van der Waals surface area contributed by atoms with Gasteiger partial charge in [-0.2, -0.15) is 0 Å². The van der Waals surface area contributed by atoms with Crippen LogP contribution >= 0.6 is 11.6 Å². The van der Waals surface area contributed by atoms with E-state index in [1.807, 2.05) is 24.3 Å². The number of halogens is 1. The van der Waals surface area contributed by atoms with Crippen LogP contribution in [-0.2, 0) is 11.2 Å². The Morgan fingerprint density at radius 2 is 1.77 bits per heavy atom. The zero-order valence-corrected chi connectivity index (χ0v) is 13.2. The maximum Gasteiger partial charge on any atom is 0.130 e. The van der Waals surface area contributed by atoms with Crippen LogP contribution < -0.4 is 4.74 Å². The van der Waals surface area contributed by atoms with Gasteiger partial charge in [-0.05, 0) is 48.7 Å². The van der Waals surface area contributed by atoms with E-state index >= 15 is 0 Å². The van der Waals surface area contributed by atoms with E-state index in [0.29, 0.717) is 17.2 Å². The van der Waals surface area contributed by atoms with Gasteiger partial charge >= 0.3 is 0 Å². The van der Waals surface area contributed by atoms with E-state index in [9.17, 15) is 9.90 Å². The third kappa shape index (κ3) is 5.17. The van der Waals surface area contributed by atoms with Gasteiger partial charge in [0, 0.05) is 11.4 Å². The van der Waals surface area contributed by atoms with Gasteiger partial charge in [0.1, 0.15) is 24.2 Å². The SMILES string of the molecule is CC(=O)CCc1ccc(OCC(O)c2ccc(Cl)cc2)cc1. The summed E-state index contributed by atoms with van der Waals surface area (Å²) in [5, 5.41) is 10.7. The molecule has 2 aromatic carbocycles. The molecule has 1 N–H and O–H groups in total. The van der Waals surface area contributed by atoms with Crippen molar-refractivity contribution in [1.29, 1.82) is 0 Å². The lowest BCUT2D eigenvalue weighted by Gasteiger charge is -2.13. The van der Waals surface area contributed by atoms with Crippen molar-refractivity contribution in [1.82, 2.24) is 0 Å². The summed E-state index contributed by atoms with van der Waals surface area (Å²) in [7, 11) is 0. The number of hydrogen-bond acceptors (Lipinski definition) is 3. The maximum atomic E-state index is 11.0. The van der Waals surface area contributed by atoms with Crippen molar-refractivity contribution in [3.05, 3.63) is 64.7 Å². The molecule has 3 nitrogen and oxygen atoms in total. The Labute approximate surface area is 135 Å². The average Bonchev–Trinajstić information content (AvgIpc) is 2.52. The first-order valence-electron chi connectivity index (χ1n) is 7.19. The first kappa shape index (κ1) is 16.5. The zero-order chi connectivity index (χ0) is 15.9. The lowest BCUT2D eigenvalue weighted by molar-refractivity contribution is -0.116. The monoisotopic (exact) mass is 318 g/mol. The minimum atomic E-state index is -0.699. The van der Waals surface area contributed by atoms with E-state index in [-0.39, 0.29) is 12.4 Å². The molecule has 0 aromatic heterocycles. The first-order chi connectivity index (χ1) is 10.5. The highest BCUT2D eigenvalue weighted by Crippen LogP contribution is 2.19. The summed E-state index contributed by atoms with van der Waals surface area (Å²) in [4.78, 5) is 11.0. The molecule has 0 bridgehead atoms. The van der Waals surface area contributed by atoms with Crippen LogP contribution in [0.2, 0.25) is 5.02 Å². The molecule has 4 heteroatoms. The van der Waals surface area contributed by atoms with Crippen LogP contribution in [0.5, 0.6) is 5.75 Å². The highest BCUT2D eigenvalue weighted by molar-refractivity contribution is 6.30. The average molecular weight is 319 g/mol. The molecule has 0 saturated heterocycles. The molecule has 1 atom stereocenters. The molecular formula is C18H19ClO3. The predicted molar refractivity (Wildman–Crippen MR) is 87.4 cm³/mol. The number of carbonyl (C=O) groups is 1. The topological polar surface area (TPSA) is 46.5 Å². The van der Waals surface area contributed by atoms with E-state index in [0.717, 1.165) is 17.5 Å². The van der Waals surface area contributed by atoms with Gasteiger partial charge in [-0.15, -0.1) is 0 Å². The summed E-state index contributed by atoms with van der Waals surface area (Å²) in [5.74, 6) is 0.881. The van der Waals surface area contributed by atoms with Gasteiger partial charge in [-0.1, -0.05) is 35.9 Å². The van der Waals surface area contributed by atoms with E-state index in [1.165, 1.54) is 0 Å². The number of aliphatic hydroxyl groups excluding tert-OH is 1. The summed E-state index contributed by atoms with van der Waals surface area (Å²) >= 11 is 5.82. The summed E-state index contributed by atoms with van der Waals surface area (Å²) < 4.78 is 5.58. The fourth-order valence-corrected chi connectivity index (χ4v) is 2.16. The van der Waals surface area contributed by atoms with Gasteiger partial charge in [0.2, 0.25) is 0 Å². The number of carbonyl (C=O) groups excluding carboxylic acids is 1. The van der Waals surface area contributed by atoms with Crippen molar-refractivity contribution in [3.63, 3.8) is 0 Å². The molecular weight excluding hydrogens is 300 g/mol. The molecule has 0 radical (unpaired) electrons. The second-order valence-corrected chi connectivity index (χ2v) is 5.66. The fourth-order valence-electron chi connectivity index (χ4n) is 2.03. The summed E-state index contributed by atoms with van der Waals surface area (Å²) in [6, 6.07) is 14.6. The Morgan fingerprint density at radius 1 is 1.14 bits per heavy atom. The van der Waals surface area contributed by atoms with E-state index in [2.05, 4.69) is 0 Å².